The maximum atomic E-state index is 6.15. The summed E-state index contributed by atoms with van der Waals surface area (Å²) in [5, 5.41) is 0. The summed E-state index contributed by atoms with van der Waals surface area (Å²) in [5.41, 5.74) is 9.58. The number of likely N-dealkylation sites (N-methyl/N-ethyl adjacent to an activating group) is 2. The van der Waals surface area contributed by atoms with E-state index in [0.29, 0.717) is 0 Å². The molecule has 0 aliphatic carbocycles. The maximum Gasteiger partial charge on any atom is 0.0408 e. The Kier molecular flexibility index (Phi) is 4.22. The standard InChI is InChI=1S/C16H27N5/c1-18-3-7-20(8-4-18)15-11-14(17)12-16(13-15)21-9-5-19(2)6-10-21/h11-13H,3-10,17H2,1-2H3. The van der Waals surface area contributed by atoms with Crippen LogP contribution in [0.2, 0.25) is 0 Å². The van der Waals surface area contributed by atoms with E-state index in [2.05, 4.69) is 51.9 Å². The lowest BCUT2D eigenvalue weighted by atomic mass is 10.1. The number of nitrogens with two attached hydrogens (primary N) is 1. The summed E-state index contributed by atoms with van der Waals surface area (Å²) in [4.78, 5) is 9.67. The summed E-state index contributed by atoms with van der Waals surface area (Å²) in [6.45, 7) is 8.84. The third kappa shape index (κ3) is 3.41. The predicted molar refractivity (Wildman–Crippen MR) is 90.3 cm³/mol. The van der Waals surface area contributed by atoms with Gasteiger partial charge in [-0.3, -0.25) is 0 Å². The summed E-state index contributed by atoms with van der Waals surface area (Å²) in [5.74, 6) is 0. The van der Waals surface area contributed by atoms with Gasteiger partial charge >= 0.3 is 0 Å². The Bertz CT molecular complexity index is 433. The molecule has 2 fully saturated rings. The van der Waals surface area contributed by atoms with Crippen molar-refractivity contribution in [2.45, 2.75) is 0 Å². The monoisotopic (exact) mass is 289 g/mol. The number of rotatable bonds is 2. The average molecular weight is 289 g/mol. The highest BCUT2D eigenvalue weighted by Gasteiger charge is 2.18. The van der Waals surface area contributed by atoms with Crippen LogP contribution in [0.25, 0.3) is 0 Å². The van der Waals surface area contributed by atoms with Crippen molar-refractivity contribution >= 4 is 17.1 Å². The van der Waals surface area contributed by atoms with Gasteiger partial charge in [-0.05, 0) is 32.3 Å². The van der Waals surface area contributed by atoms with Crippen LogP contribution in [-0.2, 0) is 0 Å². The predicted octanol–water partition coefficient (Wildman–Crippen LogP) is 0.772. The summed E-state index contributed by atoms with van der Waals surface area (Å²) >= 11 is 0. The van der Waals surface area contributed by atoms with Crippen LogP contribution < -0.4 is 15.5 Å². The van der Waals surface area contributed by atoms with E-state index in [4.69, 9.17) is 5.73 Å². The second-order valence-corrected chi connectivity index (χ2v) is 6.36. The molecule has 2 saturated heterocycles. The number of hydrogen-bond acceptors (Lipinski definition) is 5. The number of piperazine rings is 2. The van der Waals surface area contributed by atoms with E-state index in [9.17, 15) is 0 Å². The first-order chi connectivity index (χ1) is 10.1. The Hall–Kier alpha value is -1.46. The van der Waals surface area contributed by atoms with Crippen molar-refractivity contribution in [1.29, 1.82) is 0 Å². The third-order valence-electron chi connectivity index (χ3n) is 4.66. The lowest BCUT2D eigenvalue weighted by Gasteiger charge is -2.37. The van der Waals surface area contributed by atoms with Crippen LogP contribution in [0.1, 0.15) is 0 Å². The molecule has 2 aliphatic rings. The van der Waals surface area contributed by atoms with E-state index >= 15 is 0 Å². The van der Waals surface area contributed by atoms with Gasteiger partial charge in [-0.15, -0.1) is 0 Å². The molecule has 5 nitrogen and oxygen atoms in total. The maximum absolute atomic E-state index is 6.15. The van der Waals surface area contributed by atoms with Crippen molar-refractivity contribution in [3.8, 4) is 0 Å². The second-order valence-electron chi connectivity index (χ2n) is 6.36. The third-order valence-corrected chi connectivity index (χ3v) is 4.66. The van der Waals surface area contributed by atoms with Gasteiger partial charge in [0.1, 0.15) is 0 Å². The number of nitrogens with zero attached hydrogens (tertiary/aromatic N) is 4. The van der Waals surface area contributed by atoms with Crippen molar-refractivity contribution in [3.05, 3.63) is 18.2 Å². The molecule has 2 N–H and O–H groups in total. The zero-order valence-electron chi connectivity index (χ0n) is 13.3. The fourth-order valence-corrected chi connectivity index (χ4v) is 3.11. The van der Waals surface area contributed by atoms with Crippen LogP contribution >= 0.6 is 0 Å². The summed E-state index contributed by atoms with van der Waals surface area (Å²) < 4.78 is 0. The van der Waals surface area contributed by atoms with Crippen molar-refractivity contribution in [2.24, 2.45) is 0 Å². The second kappa shape index (κ2) is 6.12. The number of benzene rings is 1. The van der Waals surface area contributed by atoms with E-state index in [1.807, 2.05) is 0 Å². The first-order valence-corrected chi connectivity index (χ1v) is 7.89. The van der Waals surface area contributed by atoms with Gasteiger partial charge in [-0.1, -0.05) is 0 Å². The van der Waals surface area contributed by atoms with Crippen LogP contribution in [0.5, 0.6) is 0 Å². The molecule has 116 valence electrons. The number of nitrogen functional groups attached to an aromatic ring is 1. The lowest BCUT2D eigenvalue weighted by Crippen LogP contribution is -2.45. The van der Waals surface area contributed by atoms with Gasteiger partial charge in [0, 0.05) is 69.4 Å². The van der Waals surface area contributed by atoms with Crippen molar-refractivity contribution in [2.75, 3.05) is 82.0 Å². The van der Waals surface area contributed by atoms with Crippen LogP contribution in [0.4, 0.5) is 17.1 Å². The molecule has 0 bridgehead atoms. The first-order valence-electron chi connectivity index (χ1n) is 7.89. The Labute approximate surface area is 127 Å². The molecule has 0 saturated carbocycles. The largest absolute Gasteiger partial charge is 0.399 e. The highest BCUT2D eigenvalue weighted by molar-refractivity contribution is 5.67. The van der Waals surface area contributed by atoms with E-state index in [0.717, 1.165) is 58.0 Å². The van der Waals surface area contributed by atoms with Crippen LogP contribution in [-0.4, -0.2) is 76.3 Å². The average Bonchev–Trinajstić information content (AvgIpc) is 2.48. The van der Waals surface area contributed by atoms with Crippen molar-refractivity contribution in [1.82, 2.24) is 9.80 Å². The molecular formula is C16H27N5. The molecule has 1 aromatic rings. The van der Waals surface area contributed by atoms with E-state index in [1.165, 1.54) is 11.4 Å². The number of hydrogen-bond donors (Lipinski definition) is 1. The molecule has 21 heavy (non-hydrogen) atoms. The van der Waals surface area contributed by atoms with E-state index in [1.54, 1.807) is 0 Å². The van der Waals surface area contributed by atoms with Gasteiger partial charge in [0.15, 0.2) is 0 Å². The minimum atomic E-state index is 0.875. The highest BCUT2D eigenvalue weighted by Crippen LogP contribution is 2.28. The van der Waals surface area contributed by atoms with Gasteiger partial charge in [-0.2, -0.15) is 0 Å². The van der Waals surface area contributed by atoms with Crippen LogP contribution in [0.3, 0.4) is 0 Å². The summed E-state index contributed by atoms with van der Waals surface area (Å²) in [6, 6.07) is 6.54. The summed E-state index contributed by atoms with van der Waals surface area (Å²) in [7, 11) is 4.37. The van der Waals surface area contributed by atoms with Gasteiger partial charge in [0.05, 0.1) is 0 Å². The minimum Gasteiger partial charge on any atom is -0.399 e. The van der Waals surface area contributed by atoms with Gasteiger partial charge < -0.3 is 25.3 Å². The fourth-order valence-electron chi connectivity index (χ4n) is 3.11. The van der Waals surface area contributed by atoms with Gasteiger partial charge in [-0.25, -0.2) is 0 Å². The van der Waals surface area contributed by atoms with E-state index in [-0.39, 0.29) is 0 Å². The molecule has 0 unspecified atom stereocenters. The van der Waals surface area contributed by atoms with E-state index < -0.39 is 0 Å². The Morgan fingerprint density at radius 2 is 1.05 bits per heavy atom. The Morgan fingerprint density at radius 1 is 0.667 bits per heavy atom. The molecule has 0 aromatic heterocycles. The fraction of sp³-hybridized carbons (Fsp3) is 0.625. The molecular weight excluding hydrogens is 262 g/mol. The summed E-state index contributed by atoms with van der Waals surface area (Å²) in [6.07, 6.45) is 0. The molecule has 0 spiro atoms. The van der Waals surface area contributed by atoms with Crippen molar-refractivity contribution < 1.29 is 0 Å². The number of anilines is 3. The van der Waals surface area contributed by atoms with Crippen molar-refractivity contribution in [3.63, 3.8) is 0 Å². The van der Waals surface area contributed by atoms with Gasteiger partial charge in [0.2, 0.25) is 0 Å². The zero-order chi connectivity index (χ0) is 14.8. The smallest absolute Gasteiger partial charge is 0.0408 e. The SMILES string of the molecule is CN1CCN(c2cc(N)cc(N3CCN(C)CC3)c2)CC1. The highest BCUT2D eigenvalue weighted by atomic mass is 15.3. The molecule has 0 amide bonds. The zero-order valence-corrected chi connectivity index (χ0v) is 13.3. The minimum absolute atomic E-state index is 0.875. The normalized spacial score (nSPS) is 21.8. The molecule has 3 rings (SSSR count). The van der Waals surface area contributed by atoms with Gasteiger partial charge in [0.25, 0.3) is 0 Å². The Balaban J connectivity index is 1.76. The molecule has 0 atom stereocenters. The molecule has 5 heteroatoms. The topological polar surface area (TPSA) is 39.0 Å². The van der Waals surface area contributed by atoms with Crippen LogP contribution in [0.15, 0.2) is 18.2 Å². The lowest BCUT2D eigenvalue weighted by molar-refractivity contribution is 0.312. The molecule has 2 aliphatic heterocycles. The first kappa shape index (κ1) is 14.5. The molecule has 1 aromatic carbocycles. The molecule has 2 heterocycles. The quantitative estimate of drug-likeness (QED) is 0.814. The molecule has 0 radical (unpaired) electrons. The Morgan fingerprint density at radius 3 is 1.43 bits per heavy atom. The van der Waals surface area contributed by atoms with Crippen LogP contribution in [0, 0.1) is 0 Å².